The zero-order valence-corrected chi connectivity index (χ0v) is 7.55. The monoisotopic (exact) mass is 194 g/mol. The fourth-order valence-electron chi connectivity index (χ4n) is 0.873. The van der Waals surface area contributed by atoms with Crippen molar-refractivity contribution in [3.63, 3.8) is 0 Å². The number of aromatic nitrogens is 2. The Morgan fingerprint density at radius 2 is 2.00 bits per heavy atom. The Kier molecular flexibility index (Phi) is 3.34. The van der Waals surface area contributed by atoms with Crippen LogP contribution in [0.5, 0.6) is 0 Å². The molecule has 0 amide bonds. The molecular formula is C8H10N4O2. The molecule has 0 aliphatic carbocycles. The topological polar surface area (TPSA) is 102 Å². The van der Waals surface area contributed by atoms with E-state index in [1.165, 1.54) is 18.5 Å². The first kappa shape index (κ1) is 10.4. The van der Waals surface area contributed by atoms with Crippen LogP contribution < -0.4 is 5.32 Å². The van der Waals surface area contributed by atoms with Crippen LogP contribution in [-0.2, 0) is 0 Å². The third kappa shape index (κ3) is 2.16. The second-order valence-electron chi connectivity index (χ2n) is 2.61. The number of nitriles is 1. The number of hydrogen-bond donors (Lipinski definition) is 3. The van der Waals surface area contributed by atoms with Crippen LogP contribution in [0.2, 0.25) is 0 Å². The van der Waals surface area contributed by atoms with Gasteiger partial charge in [0.1, 0.15) is 6.10 Å². The molecular weight excluding hydrogens is 184 g/mol. The Labute approximate surface area is 80.9 Å². The summed E-state index contributed by atoms with van der Waals surface area (Å²) < 4.78 is 0. The molecule has 1 aromatic rings. The lowest BCUT2D eigenvalue weighted by atomic mass is 10.1. The fourth-order valence-corrected chi connectivity index (χ4v) is 0.873. The molecule has 0 aromatic carbocycles. The van der Waals surface area contributed by atoms with Crippen molar-refractivity contribution < 1.29 is 10.2 Å². The van der Waals surface area contributed by atoms with Gasteiger partial charge in [0.25, 0.3) is 0 Å². The SMILES string of the molecule is CNc1ncc(C(O)C(O)C#N)cn1. The van der Waals surface area contributed by atoms with E-state index in [4.69, 9.17) is 10.4 Å². The van der Waals surface area contributed by atoms with Gasteiger partial charge in [-0.1, -0.05) is 0 Å². The summed E-state index contributed by atoms with van der Waals surface area (Å²) in [6.45, 7) is 0. The standard InChI is InChI=1S/C8H10N4O2/c1-10-8-11-3-5(4-12-8)7(14)6(13)2-9/h3-4,6-7,13-14H,1H3,(H,10,11,12). The average molecular weight is 194 g/mol. The lowest BCUT2D eigenvalue weighted by molar-refractivity contribution is 0.0523. The highest BCUT2D eigenvalue weighted by Gasteiger charge is 2.18. The van der Waals surface area contributed by atoms with Crippen molar-refractivity contribution in [3.8, 4) is 6.07 Å². The van der Waals surface area contributed by atoms with E-state index in [2.05, 4.69) is 15.3 Å². The third-order valence-electron chi connectivity index (χ3n) is 1.67. The molecule has 0 radical (unpaired) electrons. The van der Waals surface area contributed by atoms with Crippen molar-refractivity contribution in [1.29, 1.82) is 5.26 Å². The smallest absolute Gasteiger partial charge is 0.222 e. The first-order valence-corrected chi connectivity index (χ1v) is 3.94. The number of nitrogens with zero attached hydrogens (tertiary/aromatic N) is 3. The second-order valence-corrected chi connectivity index (χ2v) is 2.61. The molecule has 14 heavy (non-hydrogen) atoms. The van der Waals surface area contributed by atoms with Crippen LogP contribution in [0.3, 0.4) is 0 Å². The first-order valence-electron chi connectivity index (χ1n) is 3.94. The van der Waals surface area contributed by atoms with E-state index < -0.39 is 12.2 Å². The summed E-state index contributed by atoms with van der Waals surface area (Å²) >= 11 is 0. The molecule has 0 saturated carbocycles. The lowest BCUT2D eigenvalue weighted by Gasteiger charge is -2.10. The summed E-state index contributed by atoms with van der Waals surface area (Å²) in [4.78, 5) is 7.66. The van der Waals surface area contributed by atoms with Crippen molar-refractivity contribution >= 4 is 5.95 Å². The highest BCUT2D eigenvalue weighted by molar-refractivity contribution is 5.24. The van der Waals surface area contributed by atoms with Crippen molar-refractivity contribution in [2.75, 3.05) is 12.4 Å². The van der Waals surface area contributed by atoms with Crippen LogP contribution in [0.1, 0.15) is 11.7 Å². The predicted molar refractivity (Wildman–Crippen MR) is 48.2 cm³/mol. The molecule has 1 aromatic heterocycles. The van der Waals surface area contributed by atoms with Gasteiger partial charge in [-0.05, 0) is 0 Å². The summed E-state index contributed by atoms with van der Waals surface area (Å²) in [6.07, 6.45) is -0.0290. The van der Waals surface area contributed by atoms with Crippen LogP contribution in [0.15, 0.2) is 12.4 Å². The van der Waals surface area contributed by atoms with Crippen LogP contribution in [-0.4, -0.2) is 33.3 Å². The van der Waals surface area contributed by atoms with Gasteiger partial charge in [0.15, 0.2) is 6.10 Å². The Hall–Kier alpha value is -1.71. The summed E-state index contributed by atoms with van der Waals surface area (Å²) in [5.41, 5.74) is 0.304. The Morgan fingerprint density at radius 3 is 2.43 bits per heavy atom. The zero-order chi connectivity index (χ0) is 10.6. The maximum absolute atomic E-state index is 9.38. The number of rotatable bonds is 3. The van der Waals surface area contributed by atoms with Crippen molar-refractivity contribution in [2.24, 2.45) is 0 Å². The van der Waals surface area contributed by atoms with E-state index in [-0.39, 0.29) is 0 Å². The molecule has 0 aliphatic rings. The van der Waals surface area contributed by atoms with Gasteiger partial charge in [-0.3, -0.25) is 0 Å². The number of hydrogen-bond acceptors (Lipinski definition) is 6. The fraction of sp³-hybridized carbons (Fsp3) is 0.375. The number of nitrogens with one attached hydrogen (secondary N) is 1. The maximum Gasteiger partial charge on any atom is 0.222 e. The third-order valence-corrected chi connectivity index (χ3v) is 1.67. The molecule has 0 aliphatic heterocycles. The molecule has 0 spiro atoms. The molecule has 0 bridgehead atoms. The van der Waals surface area contributed by atoms with E-state index in [1.807, 2.05) is 0 Å². The number of aliphatic hydroxyl groups is 2. The largest absolute Gasteiger partial charge is 0.384 e. The van der Waals surface area contributed by atoms with E-state index >= 15 is 0 Å². The van der Waals surface area contributed by atoms with Crippen LogP contribution in [0.4, 0.5) is 5.95 Å². The maximum atomic E-state index is 9.38. The van der Waals surface area contributed by atoms with E-state index in [0.717, 1.165) is 0 Å². The molecule has 0 saturated heterocycles. The van der Waals surface area contributed by atoms with Crippen molar-refractivity contribution in [3.05, 3.63) is 18.0 Å². The minimum Gasteiger partial charge on any atom is -0.384 e. The van der Waals surface area contributed by atoms with Gasteiger partial charge >= 0.3 is 0 Å². The highest BCUT2D eigenvalue weighted by Crippen LogP contribution is 2.14. The van der Waals surface area contributed by atoms with Gasteiger partial charge < -0.3 is 15.5 Å². The normalized spacial score (nSPS) is 14.1. The molecule has 2 atom stereocenters. The first-order chi connectivity index (χ1) is 6.69. The molecule has 2 unspecified atom stereocenters. The summed E-state index contributed by atoms with van der Waals surface area (Å²) in [7, 11) is 1.66. The van der Waals surface area contributed by atoms with Gasteiger partial charge in [-0.15, -0.1) is 0 Å². The molecule has 1 heterocycles. The molecule has 0 fully saturated rings. The number of aliphatic hydroxyl groups excluding tert-OH is 2. The van der Waals surface area contributed by atoms with E-state index in [0.29, 0.717) is 11.5 Å². The summed E-state index contributed by atoms with van der Waals surface area (Å²) in [5.74, 6) is 0.410. The quantitative estimate of drug-likeness (QED) is 0.557. The van der Waals surface area contributed by atoms with E-state index in [1.54, 1.807) is 7.05 Å². The minimum atomic E-state index is -1.46. The van der Waals surface area contributed by atoms with Crippen LogP contribution in [0.25, 0.3) is 0 Å². The Bertz CT molecular complexity index is 332. The van der Waals surface area contributed by atoms with Gasteiger partial charge in [0.2, 0.25) is 5.95 Å². The van der Waals surface area contributed by atoms with E-state index in [9.17, 15) is 5.11 Å². The highest BCUT2D eigenvalue weighted by atomic mass is 16.3. The molecule has 1 rings (SSSR count). The number of anilines is 1. The van der Waals surface area contributed by atoms with Gasteiger partial charge in [0.05, 0.1) is 6.07 Å². The van der Waals surface area contributed by atoms with Crippen LogP contribution >= 0.6 is 0 Å². The predicted octanol–water partition coefficient (Wildman–Crippen LogP) is -0.564. The van der Waals surface area contributed by atoms with Gasteiger partial charge in [-0.25, -0.2) is 9.97 Å². The average Bonchev–Trinajstić information content (AvgIpc) is 2.27. The zero-order valence-electron chi connectivity index (χ0n) is 7.55. The molecule has 3 N–H and O–H groups in total. The van der Waals surface area contributed by atoms with Gasteiger partial charge in [0, 0.05) is 25.0 Å². The van der Waals surface area contributed by atoms with Crippen molar-refractivity contribution in [1.82, 2.24) is 9.97 Å². The molecule has 6 heteroatoms. The Morgan fingerprint density at radius 1 is 1.43 bits per heavy atom. The Balaban J connectivity index is 2.82. The van der Waals surface area contributed by atoms with Crippen molar-refractivity contribution in [2.45, 2.75) is 12.2 Å². The summed E-state index contributed by atoms with van der Waals surface area (Å²) in [5, 5.41) is 29.5. The molecule has 74 valence electrons. The van der Waals surface area contributed by atoms with Crippen LogP contribution in [0, 0.1) is 11.3 Å². The summed E-state index contributed by atoms with van der Waals surface area (Å²) in [6, 6.07) is 1.53. The van der Waals surface area contributed by atoms with Gasteiger partial charge in [-0.2, -0.15) is 5.26 Å². The minimum absolute atomic E-state index is 0.304. The second kappa shape index (κ2) is 4.50. The molecule has 6 nitrogen and oxygen atoms in total. The lowest BCUT2D eigenvalue weighted by Crippen LogP contribution is -2.16.